The van der Waals surface area contributed by atoms with E-state index in [1.807, 2.05) is 0 Å². The maximum Gasteiger partial charge on any atom is 0.328 e. The van der Waals surface area contributed by atoms with Crippen molar-refractivity contribution in [2.24, 2.45) is 0 Å². The van der Waals surface area contributed by atoms with E-state index in [0.29, 0.717) is 4.47 Å². The van der Waals surface area contributed by atoms with Crippen molar-refractivity contribution in [3.05, 3.63) is 33.2 Å². The average Bonchev–Trinajstić information content (AvgIpc) is 2.30. The minimum absolute atomic E-state index is 0.325. The minimum Gasteiger partial charge on any atom is -0.480 e. The lowest BCUT2D eigenvalue weighted by Gasteiger charge is -2.17. The van der Waals surface area contributed by atoms with E-state index in [-0.39, 0.29) is 12.1 Å². The van der Waals surface area contributed by atoms with Gasteiger partial charge in [0.15, 0.2) is 6.04 Å². The number of nitrogens with one attached hydrogen (secondary N) is 1. The second-order valence-corrected chi connectivity index (χ2v) is 4.85. The van der Waals surface area contributed by atoms with Gasteiger partial charge in [-0.1, -0.05) is 0 Å². The summed E-state index contributed by atoms with van der Waals surface area (Å²) in [6.07, 6.45) is 0.181. The molecule has 0 aliphatic carbocycles. The molecule has 0 aromatic carbocycles. The van der Waals surface area contributed by atoms with Crippen LogP contribution in [0, 0.1) is 0 Å². The summed E-state index contributed by atoms with van der Waals surface area (Å²) in [7, 11) is 0. The van der Waals surface area contributed by atoms with Gasteiger partial charge in [-0.3, -0.25) is 9.59 Å². The molecule has 19 heavy (non-hydrogen) atoms. The first-order valence-corrected chi connectivity index (χ1v) is 6.17. The van der Waals surface area contributed by atoms with Crippen LogP contribution < -0.4 is 10.9 Å². The van der Waals surface area contributed by atoms with Gasteiger partial charge in [-0.15, -0.1) is 0 Å². The van der Waals surface area contributed by atoms with Gasteiger partial charge in [0.2, 0.25) is 5.91 Å². The zero-order valence-corrected chi connectivity index (χ0v) is 11.6. The number of pyridine rings is 1. The Morgan fingerprint density at radius 1 is 1.47 bits per heavy atom. The quantitative estimate of drug-likeness (QED) is 0.677. The molecule has 104 valence electrons. The third kappa shape index (κ3) is 4.49. The highest BCUT2D eigenvalue weighted by Crippen LogP contribution is 2.04. The van der Waals surface area contributed by atoms with Crippen molar-refractivity contribution in [1.82, 2.24) is 9.88 Å². The van der Waals surface area contributed by atoms with E-state index >= 15 is 0 Å². The molecular formula is C11H13BrN2O5. The Bertz CT molecular complexity index is 540. The fourth-order valence-corrected chi connectivity index (χ4v) is 1.77. The Morgan fingerprint density at radius 2 is 2.11 bits per heavy atom. The molecule has 1 aromatic heterocycles. The lowest BCUT2D eigenvalue weighted by atomic mass is 10.2. The van der Waals surface area contributed by atoms with Gasteiger partial charge < -0.3 is 20.1 Å². The Balaban J connectivity index is 2.77. The van der Waals surface area contributed by atoms with Crippen LogP contribution in [-0.2, 0) is 16.1 Å². The number of rotatable bonds is 5. The van der Waals surface area contributed by atoms with Gasteiger partial charge in [-0.2, -0.15) is 0 Å². The third-order valence-electron chi connectivity index (χ3n) is 2.33. The van der Waals surface area contributed by atoms with Crippen molar-refractivity contribution in [2.45, 2.75) is 25.6 Å². The van der Waals surface area contributed by atoms with Crippen LogP contribution in [0.1, 0.15) is 6.92 Å². The predicted molar refractivity (Wildman–Crippen MR) is 69.6 cm³/mol. The first-order chi connectivity index (χ1) is 8.81. The Kier molecular flexibility index (Phi) is 5.25. The van der Waals surface area contributed by atoms with Crippen molar-refractivity contribution in [3.63, 3.8) is 0 Å². The normalized spacial score (nSPS) is 13.6. The largest absolute Gasteiger partial charge is 0.480 e. The molecule has 8 heteroatoms. The molecule has 1 amide bonds. The molecule has 0 saturated heterocycles. The van der Waals surface area contributed by atoms with E-state index in [2.05, 4.69) is 21.2 Å². The monoisotopic (exact) mass is 332 g/mol. The van der Waals surface area contributed by atoms with Gasteiger partial charge in [0.25, 0.3) is 5.56 Å². The zero-order chi connectivity index (χ0) is 14.6. The standard InChI is InChI=1S/C11H13BrN2O5/c1-6(15)10(11(18)19)13-8(16)5-14-4-7(12)2-3-9(14)17/h2-4,6,10,15H,5H2,1H3,(H,13,16)(H,18,19)/t6-,10+/m1/s1. The number of amides is 1. The number of carboxylic acid groups (broad SMARTS) is 1. The molecular weight excluding hydrogens is 320 g/mol. The minimum atomic E-state index is -1.41. The number of aliphatic hydroxyl groups excluding tert-OH is 1. The lowest BCUT2D eigenvalue weighted by molar-refractivity contribution is -0.144. The number of aromatic nitrogens is 1. The first-order valence-electron chi connectivity index (χ1n) is 5.37. The van der Waals surface area contributed by atoms with Crippen molar-refractivity contribution < 1.29 is 19.8 Å². The number of aliphatic carboxylic acids is 1. The van der Waals surface area contributed by atoms with E-state index in [9.17, 15) is 19.5 Å². The van der Waals surface area contributed by atoms with E-state index < -0.39 is 24.0 Å². The number of hydrogen-bond acceptors (Lipinski definition) is 4. The molecule has 0 aliphatic heterocycles. The average molecular weight is 333 g/mol. The van der Waals surface area contributed by atoms with E-state index in [1.165, 1.54) is 25.3 Å². The number of carbonyl (C=O) groups excluding carboxylic acids is 1. The van der Waals surface area contributed by atoms with Gasteiger partial charge in [-0.05, 0) is 28.9 Å². The van der Waals surface area contributed by atoms with Crippen LogP contribution in [0.4, 0.5) is 0 Å². The second-order valence-electron chi connectivity index (χ2n) is 3.94. The molecule has 1 aromatic rings. The van der Waals surface area contributed by atoms with Crippen LogP contribution >= 0.6 is 15.9 Å². The number of halogens is 1. The highest BCUT2D eigenvalue weighted by atomic mass is 79.9. The molecule has 0 spiro atoms. The molecule has 7 nitrogen and oxygen atoms in total. The number of aliphatic hydroxyl groups is 1. The van der Waals surface area contributed by atoms with Crippen molar-refractivity contribution in [1.29, 1.82) is 0 Å². The van der Waals surface area contributed by atoms with Gasteiger partial charge in [0.05, 0.1) is 6.10 Å². The molecule has 0 bridgehead atoms. The first kappa shape index (κ1) is 15.4. The lowest BCUT2D eigenvalue weighted by Crippen LogP contribution is -2.49. The number of hydrogen-bond donors (Lipinski definition) is 3. The SMILES string of the molecule is C[C@@H](O)[C@H](NC(=O)Cn1cc(Br)ccc1=O)C(=O)O. The smallest absolute Gasteiger partial charge is 0.328 e. The van der Waals surface area contributed by atoms with Crippen LogP contribution in [0.5, 0.6) is 0 Å². The van der Waals surface area contributed by atoms with E-state index in [0.717, 1.165) is 4.57 Å². The summed E-state index contributed by atoms with van der Waals surface area (Å²) in [5.74, 6) is -2.02. The highest BCUT2D eigenvalue weighted by Gasteiger charge is 2.24. The third-order valence-corrected chi connectivity index (χ3v) is 2.80. The number of carboxylic acids is 1. The topological polar surface area (TPSA) is 109 Å². The van der Waals surface area contributed by atoms with Gasteiger partial charge >= 0.3 is 5.97 Å². The van der Waals surface area contributed by atoms with Crippen molar-refractivity contribution in [2.75, 3.05) is 0 Å². The fourth-order valence-electron chi connectivity index (χ4n) is 1.39. The molecule has 0 unspecified atom stereocenters. The van der Waals surface area contributed by atoms with Gasteiger partial charge in [0, 0.05) is 16.7 Å². The van der Waals surface area contributed by atoms with Crippen LogP contribution in [0.3, 0.4) is 0 Å². The van der Waals surface area contributed by atoms with Crippen molar-refractivity contribution >= 4 is 27.8 Å². The summed E-state index contributed by atoms with van der Waals surface area (Å²) >= 11 is 3.16. The maximum atomic E-state index is 11.6. The van der Waals surface area contributed by atoms with Crippen molar-refractivity contribution in [3.8, 4) is 0 Å². The van der Waals surface area contributed by atoms with E-state index in [4.69, 9.17) is 5.11 Å². The number of nitrogens with zero attached hydrogens (tertiary/aromatic N) is 1. The predicted octanol–water partition coefficient (Wildman–Crippen LogP) is -0.439. The van der Waals surface area contributed by atoms with Gasteiger partial charge in [-0.25, -0.2) is 4.79 Å². The summed E-state index contributed by atoms with van der Waals surface area (Å²) in [5.41, 5.74) is -0.387. The Hall–Kier alpha value is -1.67. The zero-order valence-electron chi connectivity index (χ0n) is 10.0. The Morgan fingerprint density at radius 3 is 2.63 bits per heavy atom. The molecule has 1 heterocycles. The summed E-state index contributed by atoms with van der Waals surface area (Å²) in [6, 6.07) is 1.41. The van der Waals surface area contributed by atoms with E-state index in [1.54, 1.807) is 0 Å². The number of carbonyl (C=O) groups is 2. The summed E-state index contributed by atoms with van der Waals surface area (Å²) in [4.78, 5) is 33.9. The van der Waals surface area contributed by atoms with Gasteiger partial charge in [0.1, 0.15) is 6.54 Å². The molecule has 2 atom stereocenters. The molecule has 0 radical (unpaired) electrons. The molecule has 3 N–H and O–H groups in total. The Labute approximate surface area is 117 Å². The highest BCUT2D eigenvalue weighted by molar-refractivity contribution is 9.10. The summed E-state index contributed by atoms with van der Waals surface area (Å²) in [5, 5.41) is 20.2. The fraction of sp³-hybridized carbons (Fsp3) is 0.364. The van der Waals surface area contributed by atoms with Crippen LogP contribution in [0.15, 0.2) is 27.6 Å². The molecule has 1 rings (SSSR count). The second kappa shape index (κ2) is 6.48. The molecule has 0 fully saturated rings. The van der Waals surface area contributed by atoms with Crippen LogP contribution in [0.25, 0.3) is 0 Å². The van der Waals surface area contributed by atoms with Crippen LogP contribution in [-0.4, -0.2) is 38.8 Å². The molecule has 0 aliphatic rings. The van der Waals surface area contributed by atoms with Crippen LogP contribution in [0.2, 0.25) is 0 Å². The molecule has 0 saturated carbocycles. The summed E-state index contributed by atoms with van der Waals surface area (Å²) < 4.78 is 1.74. The summed E-state index contributed by atoms with van der Waals surface area (Å²) in [6.45, 7) is 0.930. The maximum absolute atomic E-state index is 11.6.